The van der Waals surface area contributed by atoms with Gasteiger partial charge in [0.1, 0.15) is 6.34 Å². The van der Waals surface area contributed by atoms with Crippen molar-refractivity contribution in [3.8, 4) is 0 Å². The molecular formula is C18H18N5+. The maximum atomic E-state index is 6.86. The van der Waals surface area contributed by atoms with Crippen molar-refractivity contribution in [2.24, 2.45) is 4.99 Å². The van der Waals surface area contributed by atoms with Gasteiger partial charge in [0, 0.05) is 33.4 Å². The summed E-state index contributed by atoms with van der Waals surface area (Å²) in [5, 5.41) is 12.6. The van der Waals surface area contributed by atoms with Crippen molar-refractivity contribution in [1.82, 2.24) is 9.55 Å². The molecule has 0 aliphatic heterocycles. The fraction of sp³-hybridized carbons (Fsp3) is 0.111. The van der Waals surface area contributed by atoms with Gasteiger partial charge in [0.25, 0.3) is 0 Å². The quantitative estimate of drug-likeness (QED) is 0.288. The Morgan fingerprint density at radius 3 is 2.96 bits per heavy atom. The fourth-order valence-electron chi connectivity index (χ4n) is 3.12. The summed E-state index contributed by atoms with van der Waals surface area (Å²) < 4.78 is 2.26. The zero-order valence-corrected chi connectivity index (χ0v) is 12.7. The first-order valence-corrected chi connectivity index (χ1v) is 7.70. The van der Waals surface area contributed by atoms with E-state index in [0.29, 0.717) is 0 Å². The molecule has 4 rings (SSSR count). The Labute approximate surface area is 133 Å². The Morgan fingerprint density at radius 2 is 2.04 bits per heavy atom. The molecule has 0 aliphatic carbocycles. The average Bonchev–Trinajstić information content (AvgIpc) is 3.13. The van der Waals surface area contributed by atoms with Crippen molar-refractivity contribution in [2.75, 3.05) is 6.54 Å². The molecule has 23 heavy (non-hydrogen) atoms. The Hall–Kier alpha value is -2.92. The molecule has 0 aliphatic rings. The first-order valence-electron chi connectivity index (χ1n) is 7.70. The molecule has 4 aromatic rings. The van der Waals surface area contributed by atoms with Crippen LogP contribution in [0.1, 0.15) is 0 Å². The molecule has 5 nitrogen and oxygen atoms in total. The number of quaternary nitrogens is 1. The highest BCUT2D eigenvalue weighted by Gasteiger charge is 2.08. The first kappa shape index (κ1) is 13.7. The van der Waals surface area contributed by atoms with E-state index in [4.69, 9.17) is 5.41 Å². The minimum Gasteiger partial charge on any atom is -0.354 e. The van der Waals surface area contributed by atoms with Crippen LogP contribution in [0.25, 0.3) is 32.7 Å². The second-order valence-corrected chi connectivity index (χ2v) is 5.59. The summed E-state index contributed by atoms with van der Waals surface area (Å²) >= 11 is 0. The van der Waals surface area contributed by atoms with Crippen molar-refractivity contribution >= 4 is 45.4 Å². The third-order valence-corrected chi connectivity index (χ3v) is 4.20. The zero-order valence-electron chi connectivity index (χ0n) is 12.7. The number of H-pyrrole nitrogens is 1. The lowest BCUT2D eigenvalue weighted by atomic mass is 10.1. The van der Waals surface area contributed by atoms with E-state index in [1.165, 1.54) is 32.7 Å². The number of para-hydroxylation sites is 1. The predicted octanol–water partition coefficient (Wildman–Crippen LogP) is 2.47. The fourth-order valence-corrected chi connectivity index (χ4v) is 3.12. The molecular weight excluding hydrogens is 286 g/mol. The molecule has 0 saturated heterocycles. The van der Waals surface area contributed by atoms with Crippen molar-refractivity contribution in [3.63, 3.8) is 0 Å². The topological polar surface area (TPSA) is 73.5 Å². The molecule has 0 spiro atoms. The van der Waals surface area contributed by atoms with Crippen LogP contribution in [0.4, 0.5) is 0 Å². The Morgan fingerprint density at radius 1 is 1.13 bits per heavy atom. The Kier molecular flexibility index (Phi) is 3.40. The summed E-state index contributed by atoms with van der Waals surface area (Å²) in [7, 11) is 0. The normalized spacial score (nSPS) is 12.0. The number of aromatic amines is 1. The predicted molar refractivity (Wildman–Crippen MR) is 95.4 cm³/mol. The SMILES string of the molecule is N=CN=C[NH2+]CCn1ccc2cc3c(cc21)[nH]c1ccccc13. The Bertz CT molecular complexity index is 1020. The molecule has 2 heterocycles. The van der Waals surface area contributed by atoms with Crippen molar-refractivity contribution in [2.45, 2.75) is 6.54 Å². The van der Waals surface area contributed by atoms with Gasteiger partial charge in [-0.1, -0.05) is 18.2 Å². The third kappa shape index (κ3) is 2.41. The average molecular weight is 304 g/mol. The van der Waals surface area contributed by atoms with E-state index in [1.807, 2.05) is 5.32 Å². The first-order chi connectivity index (χ1) is 11.4. The minimum atomic E-state index is 0.895. The second kappa shape index (κ2) is 5.70. The molecule has 2 aromatic heterocycles. The van der Waals surface area contributed by atoms with Gasteiger partial charge in [0.15, 0.2) is 6.34 Å². The molecule has 0 bridgehead atoms. The molecule has 0 fully saturated rings. The molecule has 0 saturated carbocycles. The van der Waals surface area contributed by atoms with Gasteiger partial charge < -0.3 is 14.9 Å². The van der Waals surface area contributed by atoms with E-state index >= 15 is 0 Å². The summed E-state index contributed by atoms with van der Waals surface area (Å²) in [6.07, 6.45) is 4.86. The number of aromatic nitrogens is 2. The lowest BCUT2D eigenvalue weighted by molar-refractivity contribution is -0.531. The highest BCUT2D eigenvalue weighted by molar-refractivity contribution is 6.11. The highest BCUT2D eigenvalue weighted by Crippen LogP contribution is 2.29. The van der Waals surface area contributed by atoms with E-state index in [1.54, 1.807) is 6.34 Å². The molecule has 0 atom stereocenters. The van der Waals surface area contributed by atoms with Crippen molar-refractivity contribution in [1.29, 1.82) is 5.41 Å². The van der Waals surface area contributed by atoms with Crippen LogP contribution < -0.4 is 5.32 Å². The van der Waals surface area contributed by atoms with E-state index < -0.39 is 0 Å². The van der Waals surface area contributed by atoms with Gasteiger partial charge in [-0.05, 0) is 24.3 Å². The smallest absolute Gasteiger partial charge is 0.188 e. The summed E-state index contributed by atoms with van der Waals surface area (Å²) in [6.45, 7) is 1.80. The number of nitrogens with one attached hydrogen (secondary N) is 2. The molecule has 0 amide bonds. The van der Waals surface area contributed by atoms with Crippen LogP contribution in [-0.4, -0.2) is 28.8 Å². The highest BCUT2D eigenvalue weighted by atomic mass is 15.0. The maximum Gasteiger partial charge on any atom is 0.188 e. The lowest BCUT2D eigenvalue weighted by Crippen LogP contribution is -2.83. The van der Waals surface area contributed by atoms with Gasteiger partial charge >= 0.3 is 0 Å². The van der Waals surface area contributed by atoms with Gasteiger partial charge in [0.05, 0.1) is 18.6 Å². The number of hydrogen-bond acceptors (Lipinski definition) is 1. The largest absolute Gasteiger partial charge is 0.354 e. The standard InChI is InChI=1S/C18H17N5/c19-11-21-12-20-6-8-23-7-5-13-9-15-14-3-1-2-4-16(14)22-17(15)10-18(13)23/h1-5,7,9-12,22H,6,8H2,(H2,19,20,21)/p+1. The molecule has 4 N–H and O–H groups in total. The second-order valence-electron chi connectivity index (χ2n) is 5.59. The number of rotatable bonds is 5. The lowest BCUT2D eigenvalue weighted by Gasteiger charge is -2.03. The maximum absolute atomic E-state index is 6.86. The molecule has 2 aromatic carbocycles. The summed E-state index contributed by atoms with van der Waals surface area (Å²) in [6, 6.07) is 15.1. The number of fused-ring (bicyclic) bond motifs is 4. The van der Waals surface area contributed by atoms with Gasteiger partial charge in [0.2, 0.25) is 0 Å². The number of nitrogens with zero attached hydrogens (tertiary/aromatic N) is 2. The minimum absolute atomic E-state index is 0.895. The molecule has 0 radical (unpaired) electrons. The molecule has 5 heteroatoms. The van der Waals surface area contributed by atoms with Gasteiger partial charge in [-0.25, -0.2) is 0 Å². The number of hydrogen-bond donors (Lipinski definition) is 3. The third-order valence-electron chi connectivity index (χ3n) is 4.20. The van der Waals surface area contributed by atoms with E-state index in [9.17, 15) is 0 Å². The summed E-state index contributed by atoms with van der Waals surface area (Å²) in [5.74, 6) is 0. The summed E-state index contributed by atoms with van der Waals surface area (Å²) in [4.78, 5) is 7.27. The van der Waals surface area contributed by atoms with Crippen LogP contribution in [-0.2, 0) is 6.54 Å². The van der Waals surface area contributed by atoms with Crippen LogP contribution in [0.15, 0.2) is 53.7 Å². The Balaban J connectivity index is 1.72. The van der Waals surface area contributed by atoms with Crippen molar-refractivity contribution in [3.05, 3.63) is 48.7 Å². The van der Waals surface area contributed by atoms with Gasteiger partial charge in [-0.3, -0.25) is 5.41 Å². The van der Waals surface area contributed by atoms with Gasteiger partial charge in [-0.15, -0.1) is 0 Å². The van der Waals surface area contributed by atoms with Gasteiger partial charge in [-0.2, -0.15) is 4.99 Å². The van der Waals surface area contributed by atoms with Crippen LogP contribution in [0, 0.1) is 5.41 Å². The van der Waals surface area contributed by atoms with Crippen LogP contribution in [0.3, 0.4) is 0 Å². The van der Waals surface area contributed by atoms with Crippen molar-refractivity contribution < 1.29 is 5.32 Å². The monoisotopic (exact) mass is 304 g/mol. The van der Waals surface area contributed by atoms with Crippen LogP contribution in [0.5, 0.6) is 0 Å². The van der Waals surface area contributed by atoms with Crippen LogP contribution in [0.2, 0.25) is 0 Å². The molecule has 0 unspecified atom stereocenters. The van der Waals surface area contributed by atoms with E-state index in [0.717, 1.165) is 19.4 Å². The van der Waals surface area contributed by atoms with E-state index in [2.05, 4.69) is 63.2 Å². The van der Waals surface area contributed by atoms with Crippen LogP contribution >= 0.6 is 0 Å². The number of aliphatic imine (C=N–C) groups is 1. The summed E-state index contributed by atoms with van der Waals surface area (Å²) in [5.41, 5.74) is 3.59. The molecule has 114 valence electrons. The number of benzene rings is 2. The zero-order chi connectivity index (χ0) is 15.6. The number of nitrogens with two attached hydrogens (primary N) is 1. The van der Waals surface area contributed by atoms with E-state index in [-0.39, 0.29) is 0 Å².